The van der Waals surface area contributed by atoms with Crippen LogP contribution in [0.4, 0.5) is 4.39 Å². The number of benzene rings is 1. The molecule has 0 aliphatic carbocycles. The predicted octanol–water partition coefficient (Wildman–Crippen LogP) is 2.70. The van der Waals surface area contributed by atoms with Crippen molar-refractivity contribution in [2.24, 2.45) is 7.05 Å². The van der Waals surface area contributed by atoms with E-state index in [-0.39, 0.29) is 11.4 Å². The Morgan fingerprint density at radius 3 is 2.88 bits per heavy atom. The van der Waals surface area contributed by atoms with Gasteiger partial charge in [-0.25, -0.2) is 4.39 Å². The Balaban J connectivity index is 2.46. The van der Waals surface area contributed by atoms with Crippen LogP contribution in [0, 0.1) is 5.82 Å². The smallest absolute Gasteiger partial charge is 0.132 e. The summed E-state index contributed by atoms with van der Waals surface area (Å²) in [5, 5.41) is 4.30. The fourth-order valence-corrected chi connectivity index (χ4v) is 3.16. The number of halogens is 1. The maximum Gasteiger partial charge on any atom is 0.132 e. The predicted molar refractivity (Wildman–Crippen MR) is 67.6 cm³/mol. The van der Waals surface area contributed by atoms with Gasteiger partial charge in [0, 0.05) is 24.7 Å². The highest BCUT2D eigenvalue weighted by Gasteiger charge is 2.32. The van der Waals surface area contributed by atoms with Crippen LogP contribution in [0.2, 0.25) is 0 Å². The zero-order valence-corrected chi connectivity index (χ0v) is 10.5. The fourth-order valence-electron chi connectivity index (χ4n) is 3.16. The zero-order valence-electron chi connectivity index (χ0n) is 10.5. The Bertz CT molecular complexity index is 596. The SMILES string of the molecule is Cn1c2c(c3c(F)cccc31)CCNC2(C)C. The summed E-state index contributed by atoms with van der Waals surface area (Å²) in [5.74, 6) is -0.1000. The van der Waals surface area contributed by atoms with Crippen molar-refractivity contribution in [1.29, 1.82) is 0 Å². The van der Waals surface area contributed by atoms with Crippen LogP contribution in [0.15, 0.2) is 18.2 Å². The molecule has 1 aromatic heterocycles. The van der Waals surface area contributed by atoms with Crippen molar-refractivity contribution in [2.75, 3.05) is 6.54 Å². The summed E-state index contributed by atoms with van der Waals surface area (Å²) in [6.45, 7) is 5.22. The van der Waals surface area contributed by atoms with Crippen LogP contribution in [0.5, 0.6) is 0 Å². The molecule has 1 aliphatic heterocycles. The second-order valence-corrected chi connectivity index (χ2v) is 5.32. The average molecular weight is 232 g/mol. The molecule has 3 rings (SSSR count). The lowest BCUT2D eigenvalue weighted by atomic mass is 9.90. The second-order valence-electron chi connectivity index (χ2n) is 5.32. The molecule has 0 saturated carbocycles. The maximum atomic E-state index is 14.0. The molecule has 0 amide bonds. The zero-order chi connectivity index (χ0) is 12.2. The highest BCUT2D eigenvalue weighted by atomic mass is 19.1. The second kappa shape index (κ2) is 3.33. The van der Waals surface area contributed by atoms with Gasteiger partial charge in [0.05, 0.1) is 11.1 Å². The average Bonchev–Trinajstić information content (AvgIpc) is 2.55. The highest BCUT2D eigenvalue weighted by molar-refractivity contribution is 5.86. The third-order valence-electron chi connectivity index (χ3n) is 3.81. The molecule has 1 aliphatic rings. The van der Waals surface area contributed by atoms with Gasteiger partial charge >= 0.3 is 0 Å². The fraction of sp³-hybridized carbons (Fsp3) is 0.429. The highest BCUT2D eigenvalue weighted by Crippen LogP contribution is 2.36. The van der Waals surface area contributed by atoms with Crippen LogP contribution in [-0.4, -0.2) is 11.1 Å². The summed E-state index contributed by atoms with van der Waals surface area (Å²) < 4.78 is 16.1. The molecule has 0 unspecified atom stereocenters. The van der Waals surface area contributed by atoms with E-state index >= 15 is 0 Å². The third-order valence-corrected chi connectivity index (χ3v) is 3.81. The normalized spacial score (nSPS) is 18.4. The molecule has 2 nitrogen and oxygen atoms in total. The Hall–Kier alpha value is -1.35. The van der Waals surface area contributed by atoms with Crippen molar-refractivity contribution in [3.63, 3.8) is 0 Å². The largest absolute Gasteiger partial charge is 0.346 e. The van der Waals surface area contributed by atoms with E-state index in [2.05, 4.69) is 23.7 Å². The van der Waals surface area contributed by atoms with Gasteiger partial charge in [-0.05, 0) is 38.0 Å². The van der Waals surface area contributed by atoms with E-state index in [4.69, 9.17) is 0 Å². The number of hydrogen-bond acceptors (Lipinski definition) is 1. The first-order chi connectivity index (χ1) is 8.02. The van der Waals surface area contributed by atoms with Gasteiger partial charge in [0.1, 0.15) is 5.82 Å². The summed E-state index contributed by atoms with van der Waals surface area (Å²) in [6, 6.07) is 5.33. The number of fused-ring (bicyclic) bond motifs is 3. The molecule has 0 saturated heterocycles. The number of hydrogen-bond donors (Lipinski definition) is 1. The van der Waals surface area contributed by atoms with Gasteiger partial charge in [-0.1, -0.05) is 6.07 Å². The number of aromatic nitrogens is 1. The monoisotopic (exact) mass is 232 g/mol. The van der Waals surface area contributed by atoms with Crippen molar-refractivity contribution in [3.05, 3.63) is 35.3 Å². The first kappa shape index (κ1) is 10.8. The van der Waals surface area contributed by atoms with Gasteiger partial charge in [0.25, 0.3) is 0 Å². The van der Waals surface area contributed by atoms with Crippen LogP contribution in [-0.2, 0) is 19.0 Å². The Labute approximate surface area is 100 Å². The van der Waals surface area contributed by atoms with E-state index in [0.717, 1.165) is 23.9 Å². The van der Waals surface area contributed by atoms with Crippen molar-refractivity contribution < 1.29 is 4.39 Å². The van der Waals surface area contributed by atoms with Gasteiger partial charge in [-0.3, -0.25) is 0 Å². The van der Waals surface area contributed by atoms with E-state index in [1.807, 2.05) is 13.1 Å². The van der Waals surface area contributed by atoms with E-state index in [0.29, 0.717) is 0 Å². The number of rotatable bonds is 0. The minimum atomic E-state index is -0.1000. The Kier molecular flexibility index (Phi) is 2.11. The van der Waals surface area contributed by atoms with Gasteiger partial charge in [-0.2, -0.15) is 0 Å². The minimum absolute atomic E-state index is 0.0895. The first-order valence-corrected chi connectivity index (χ1v) is 6.03. The Morgan fingerprint density at radius 2 is 2.12 bits per heavy atom. The molecule has 1 N–H and O–H groups in total. The van der Waals surface area contributed by atoms with E-state index in [1.54, 1.807) is 12.1 Å². The quantitative estimate of drug-likeness (QED) is 0.739. The molecule has 3 heteroatoms. The summed E-state index contributed by atoms with van der Waals surface area (Å²) in [7, 11) is 2.02. The van der Waals surface area contributed by atoms with Gasteiger partial charge in [0.2, 0.25) is 0 Å². The van der Waals surface area contributed by atoms with Crippen LogP contribution in [0.3, 0.4) is 0 Å². The van der Waals surface area contributed by atoms with Crippen LogP contribution >= 0.6 is 0 Å². The van der Waals surface area contributed by atoms with Crippen LogP contribution < -0.4 is 5.32 Å². The molecular weight excluding hydrogens is 215 g/mol. The number of nitrogens with one attached hydrogen (secondary N) is 1. The molecule has 90 valence electrons. The lowest BCUT2D eigenvalue weighted by molar-refractivity contribution is 0.363. The topological polar surface area (TPSA) is 17.0 Å². The van der Waals surface area contributed by atoms with Crippen LogP contribution in [0.25, 0.3) is 10.9 Å². The minimum Gasteiger partial charge on any atom is -0.346 e. The molecule has 1 aromatic carbocycles. The molecule has 0 fully saturated rings. The van der Waals surface area contributed by atoms with E-state index in [1.165, 1.54) is 11.3 Å². The molecule has 0 spiro atoms. The molecule has 2 aromatic rings. The Morgan fingerprint density at radius 1 is 1.35 bits per heavy atom. The lowest BCUT2D eigenvalue weighted by Crippen LogP contribution is -2.43. The standard InChI is InChI=1S/C14H17FN2/c1-14(2)13-9(7-8-16-14)12-10(15)5-4-6-11(12)17(13)3/h4-6,16H,7-8H2,1-3H3. The summed E-state index contributed by atoms with van der Waals surface area (Å²) in [4.78, 5) is 0. The van der Waals surface area contributed by atoms with E-state index in [9.17, 15) is 4.39 Å². The van der Waals surface area contributed by atoms with Crippen LogP contribution in [0.1, 0.15) is 25.1 Å². The molecule has 2 heterocycles. The summed E-state index contributed by atoms with van der Waals surface area (Å²) in [6.07, 6.45) is 0.900. The first-order valence-electron chi connectivity index (χ1n) is 6.03. The molecule has 0 bridgehead atoms. The molecule has 0 radical (unpaired) electrons. The summed E-state index contributed by atoms with van der Waals surface area (Å²) in [5.41, 5.74) is 3.29. The lowest BCUT2D eigenvalue weighted by Gasteiger charge is -2.33. The molecular formula is C14H17FN2. The van der Waals surface area contributed by atoms with Gasteiger partial charge < -0.3 is 9.88 Å². The maximum absolute atomic E-state index is 14.0. The van der Waals surface area contributed by atoms with Crippen molar-refractivity contribution >= 4 is 10.9 Å². The third kappa shape index (κ3) is 1.35. The van der Waals surface area contributed by atoms with Gasteiger partial charge in [-0.15, -0.1) is 0 Å². The number of nitrogens with zero attached hydrogens (tertiary/aromatic N) is 1. The number of aryl methyl sites for hydroxylation is 1. The van der Waals surface area contributed by atoms with Gasteiger partial charge in [0.15, 0.2) is 0 Å². The van der Waals surface area contributed by atoms with E-state index < -0.39 is 0 Å². The van der Waals surface area contributed by atoms with Crippen molar-refractivity contribution in [2.45, 2.75) is 25.8 Å². The van der Waals surface area contributed by atoms with Crippen molar-refractivity contribution in [3.8, 4) is 0 Å². The molecule has 17 heavy (non-hydrogen) atoms. The summed E-state index contributed by atoms with van der Waals surface area (Å²) >= 11 is 0. The molecule has 0 atom stereocenters. The van der Waals surface area contributed by atoms with Crippen molar-refractivity contribution in [1.82, 2.24) is 9.88 Å².